The normalized spacial score (nSPS) is 13.2. The second kappa shape index (κ2) is 7.55. The molecule has 0 heterocycles. The fraction of sp³-hybridized carbons (Fsp3) is 0.211. The lowest BCUT2D eigenvalue weighted by Gasteiger charge is -2.16. The van der Waals surface area contributed by atoms with E-state index in [1.165, 1.54) is 0 Å². The maximum Gasteiger partial charge on any atom is 0.0795 e. The topological polar surface area (TPSA) is 32.6 Å². The number of aliphatic hydroxyl groups is 1. The Hall–Kier alpha value is -2.19. The largest absolute Gasteiger partial charge is 0.391 e. The molecule has 2 heteroatoms. The molecule has 0 bridgehead atoms. The zero-order valence-corrected chi connectivity index (χ0v) is 12.3. The maximum absolute atomic E-state index is 10.1. The summed E-state index contributed by atoms with van der Waals surface area (Å²) in [6, 6.07) is 19.9. The maximum atomic E-state index is 10.1. The Morgan fingerprint density at radius 2 is 1.52 bits per heavy atom. The first-order valence-corrected chi connectivity index (χ1v) is 7.20. The first-order valence-electron chi connectivity index (χ1n) is 7.20. The van der Waals surface area contributed by atoms with Crippen LogP contribution in [0, 0.1) is 0 Å². The van der Waals surface area contributed by atoms with Crippen LogP contribution >= 0.6 is 0 Å². The van der Waals surface area contributed by atoms with E-state index in [2.05, 4.69) is 6.58 Å². The summed E-state index contributed by atoms with van der Waals surface area (Å²) in [5.74, 6) is 0. The van der Waals surface area contributed by atoms with Gasteiger partial charge in [0, 0.05) is 11.1 Å². The summed E-state index contributed by atoms with van der Waals surface area (Å²) in [5.41, 5.74) is 3.02. The molecule has 0 aliphatic rings. The summed E-state index contributed by atoms with van der Waals surface area (Å²) < 4.78 is 0. The van der Waals surface area contributed by atoms with E-state index in [4.69, 9.17) is 4.99 Å². The van der Waals surface area contributed by atoms with E-state index in [-0.39, 0.29) is 6.04 Å². The number of aliphatic hydroxyl groups excluding tert-OH is 1. The van der Waals surface area contributed by atoms with Crippen molar-refractivity contribution < 1.29 is 5.11 Å². The molecule has 0 aliphatic heterocycles. The average Bonchev–Trinajstić information content (AvgIpc) is 2.54. The van der Waals surface area contributed by atoms with Crippen LogP contribution in [0.5, 0.6) is 0 Å². The van der Waals surface area contributed by atoms with Crippen LogP contribution in [-0.4, -0.2) is 23.0 Å². The van der Waals surface area contributed by atoms with Crippen molar-refractivity contribution in [2.45, 2.75) is 25.5 Å². The van der Waals surface area contributed by atoms with Crippen molar-refractivity contribution in [3.05, 3.63) is 84.4 Å². The molecule has 108 valence electrons. The number of hydrogen-bond acceptors (Lipinski definition) is 2. The molecule has 0 amide bonds. The van der Waals surface area contributed by atoms with Crippen molar-refractivity contribution in [2.24, 2.45) is 4.99 Å². The van der Waals surface area contributed by atoms with Gasteiger partial charge in [-0.25, -0.2) is 0 Å². The molecule has 0 aliphatic carbocycles. The SMILES string of the molecule is C=CC[C@H](O)[C@H](C)N=C(c1ccccc1)c1ccccc1. The van der Waals surface area contributed by atoms with Gasteiger partial charge in [-0.15, -0.1) is 6.58 Å². The van der Waals surface area contributed by atoms with Crippen LogP contribution in [0.3, 0.4) is 0 Å². The molecule has 0 fully saturated rings. The van der Waals surface area contributed by atoms with E-state index >= 15 is 0 Å². The molecule has 0 aromatic heterocycles. The Labute approximate surface area is 126 Å². The highest BCUT2D eigenvalue weighted by atomic mass is 16.3. The van der Waals surface area contributed by atoms with Crippen LogP contribution in [0.25, 0.3) is 0 Å². The molecule has 21 heavy (non-hydrogen) atoms. The van der Waals surface area contributed by atoms with Crippen molar-refractivity contribution in [2.75, 3.05) is 0 Å². The van der Waals surface area contributed by atoms with E-state index in [1.54, 1.807) is 6.08 Å². The molecular formula is C19H21NO. The van der Waals surface area contributed by atoms with Gasteiger partial charge >= 0.3 is 0 Å². The summed E-state index contributed by atoms with van der Waals surface area (Å²) in [7, 11) is 0. The highest BCUT2D eigenvalue weighted by molar-refractivity contribution is 6.12. The summed E-state index contributed by atoms with van der Waals surface area (Å²) in [6.07, 6.45) is 1.76. The predicted molar refractivity (Wildman–Crippen MR) is 88.8 cm³/mol. The number of rotatable bonds is 6. The van der Waals surface area contributed by atoms with Crippen molar-refractivity contribution in [1.29, 1.82) is 0 Å². The van der Waals surface area contributed by atoms with Crippen LogP contribution in [0.4, 0.5) is 0 Å². The molecule has 2 atom stereocenters. The van der Waals surface area contributed by atoms with Crippen LogP contribution in [0.15, 0.2) is 78.3 Å². The average molecular weight is 279 g/mol. The standard InChI is InChI=1S/C19H21NO/c1-3-10-18(21)15(2)20-19(16-11-6-4-7-12-16)17-13-8-5-9-14-17/h3-9,11-15,18,21H,1,10H2,2H3/t15-,18-/m0/s1. The lowest BCUT2D eigenvalue weighted by Crippen LogP contribution is -2.22. The molecule has 0 radical (unpaired) electrons. The van der Waals surface area contributed by atoms with E-state index in [9.17, 15) is 5.11 Å². The van der Waals surface area contributed by atoms with Gasteiger partial charge in [0.25, 0.3) is 0 Å². The Balaban J connectivity index is 2.39. The number of benzene rings is 2. The van der Waals surface area contributed by atoms with Gasteiger partial charge in [-0.2, -0.15) is 0 Å². The Morgan fingerprint density at radius 1 is 1.05 bits per heavy atom. The summed E-state index contributed by atoms with van der Waals surface area (Å²) in [6.45, 7) is 5.60. The smallest absolute Gasteiger partial charge is 0.0795 e. The lowest BCUT2D eigenvalue weighted by atomic mass is 10.0. The predicted octanol–water partition coefficient (Wildman–Crippen LogP) is 3.85. The highest BCUT2D eigenvalue weighted by Crippen LogP contribution is 2.14. The molecule has 0 unspecified atom stereocenters. The van der Waals surface area contributed by atoms with Gasteiger partial charge in [-0.3, -0.25) is 4.99 Å². The quantitative estimate of drug-likeness (QED) is 0.632. The fourth-order valence-electron chi connectivity index (χ4n) is 2.17. The molecule has 0 saturated heterocycles. The third-order valence-electron chi connectivity index (χ3n) is 3.39. The molecule has 2 nitrogen and oxygen atoms in total. The Kier molecular flexibility index (Phi) is 5.47. The van der Waals surface area contributed by atoms with Gasteiger partial charge in [0.05, 0.1) is 17.9 Å². The molecule has 1 N–H and O–H groups in total. The van der Waals surface area contributed by atoms with Crippen molar-refractivity contribution in [3.8, 4) is 0 Å². The van der Waals surface area contributed by atoms with Gasteiger partial charge in [-0.1, -0.05) is 66.7 Å². The third-order valence-corrected chi connectivity index (χ3v) is 3.39. The van der Waals surface area contributed by atoms with Gasteiger partial charge in [-0.05, 0) is 13.3 Å². The minimum absolute atomic E-state index is 0.182. The third kappa shape index (κ3) is 4.14. The fourth-order valence-corrected chi connectivity index (χ4v) is 2.17. The second-order valence-electron chi connectivity index (χ2n) is 5.04. The molecular weight excluding hydrogens is 258 g/mol. The summed E-state index contributed by atoms with van der Waals surface area (Å²) in [5, 5.41) is 10.1. The number of nitrogens with zero attached hydrogens (tertiary/aromatic N) is 1. The zero-order valence-electron chi connectivity index (χ0n) is 12.3. The minimum Gasteiger partial charge on any atom is -0.391 e. The van der Waals surface area contributed by atoms with E-state index < -0.39 is 6.10 Å². The Morgan fingerprint density at radius 3 is 1.95 bits per heavy atom. The molecule has 0 saturated carbocycles. The zero-order chi connectivity index (χ0) is 15.1. The molecule has 2 aromatic rings. The van der Waals surface area contributed by atoms with Crippen LogP contribution < -0.4 is 0 Å². The first-order chi connectivity index (χ1) is 10.2. The van der Waals surface area contributed by atoms with Crippen molar-refractivity contribution >= 4 is 5.71 Å². The van der Waals surface area contributed by atoms with Crippen LogP contribution in [-0.2, 0) is 0 Å². The molecule has 2 aromatic carbocycles. The van der Waals surface area contributed by atoms with Crippen molar-refractivity contribution in [1.82, 2.24) is 0 Å². The van der Waals surface area contributed by atoms with Gasteiger partial charge in [0.1, 0.15) is 0 Å². The second-order valence-corrected chi connectivity index (χ2v) is 5.04. The first kappa shape index (κ1) is 15.2. The number of hydrogen-bond donors (Lipinski definition) is 1. The van der Waals surface area contributed by atoms with E-state index in [0.29, 0.717) is 6.42 Å². The minimum atomic E-state index is -0.509. The van der Waals surface area contributed by atoms with Gasteiger partial charge in [0.2, 0.25) is 0 Å². The van der Waals surface area contributed by atoms with Gasteiger partial charge < -0.3 is 5.11 Å². The lowest BCUT2D eigenvalue weighted by molar-refractivity contribution is 0.155. The highest BCUT2D eigenvalue weighted by Gasteiger charge is 2.14. The Bertz CT molecular complexity index is 548. The monoisotopic (exact) mass is 279 g/mol. The summed E-state index contributed by atoms with van der Waals surface area (Å²) >= 11 is 0. The molecule has 2 rings (SSSR count). The van der Waals surface area contributed by atoms with Gasteiger partial charge in [0.15, 0.2) is 0 Å². The number of aliphatic imine (C=N–C) groups is 1. The molecule has 0 spiro atoms. The van der Waals surface area contributed by atoms with Crippen LogP contribution in [0.1, 0.15) is 24.5 Å². The van der Waals surface area contributed by atoms with E-state index in [1.807, 2.05) is 67.6 Å². The summed E-state index contributed by atoms with van der Waals surface area (Å²) in [4.78, 5) is 4.75. The van der Waals surface area contributed by atoms with Crippen LogP contribution in [0.2, 0.25) is 0 Å². The van der Waals surface area contributed by atoms with Crippen molar-refractivity contribution in [3.63, 3.8) is 0 Å². The van der Waals surface area contributed by atoms with E-state index in [0.717, 1.165) is 16.8 Å².